The van der Waals surface area contributed by atoms with Crippen molar-refractivity contribution in [2.24, 2.45) is 0 Å². The fourth-order valence-corrected chi connectivity index (χ4v) is 0.600. The topological polar surface area (TPSA) is 77.6 Å². The van der Waals surface area contributed by atoms with Gasteiger partial charge in [0.15, 0.2) is 0 Å². The Balaban J connectivity index is 0.000000127. The third-order valence-corrected chi connectivity index (χ3v) is 1.11. The van der Waals surface area contributed by atoms with E-state index in [0.29, 0.717) is 5.82 Å². The first-order valence-electron chi connectivity index (χ1n) is 3.45. The average molecular weight is 166 g/mol. The summed E-state index contributed by atoms with van der Waals surface area (Å²) in [6.45, 7) is -0.00694. The van der Waals surface area contributed by atoms with Crippen molar-refractivity contribution in [3.63, 3.8) is 0 Å². The van der Waals surface area contributed by atoms with Gasteiger partial charge in [-0.25, -0.2) is 9.97 Å². The van der Waals surface area contributed by atoms with Crippen LogP contribution in [0.2, 0.25) is 0 Å². The summed E-state index contributed by atoms with van der Waals surface area (Å²) in [6, 6.07) is 0. The summed E-state index contributed by atoms with van der Waals surface area (Å²) in [5.74, 6) is 0.611. The van der Waals surface area contributed by atoms with Crippen LogP contribution in [-0.2, 0) is 6.61 Å². The first-order chi connectivity index (χ1) is 5.93. The second kappa shape index (κ2) is 5.09. The number of H-pyrrole nitrogens is 2. The van der Waals surface area contributed by atoms with Gasteiger partial charge in [0, 0.05) is 24.8 Å². The molecule has 0 amide bonds. The minimum atomic E-state index is -0.00694. The number of aliphatic hydroxyl groups is 1. The van der Waals surface area contributed by atoms with E-state index in [0.717, 1.165) is 0 Å². The Labute approximate surface area is 69.5 Å². The lowest BCUT2D eigenvalue weighted by atomic mass is 10.7. The van der Waals surface area contributed by atoms with Crippen molar-refractivity contribution in [3.05, 3.63) is 36.9 Å². The van der Waals surface area contributed by atoms with Crippen molar-refractivity contribution in [1.82, 2.24) is 19.9 Å². The first kappa shape index (κ1) is 8.48. The van der Waals surface area contributed by atoms with E-state index in [1.807, 2.05) is 0 Å². The Kier molecular flexibility index (Phi) is 3.59. The molecule has 0 bridgehead atoms. The van der Waals surface area contributed by atoms with E-state index in [9.17, 15) is 0 Å². The number of imidazole rings is 2. The monoisotopic (exact) mass is 166 g/mol. The van der Waals surface area contributed by atoms with E-state index in [1.54, 1.807) is 31.1 Å². The van der Waals surface area contributed by atoms with Gasteiger partial charge in [-0.3, -0.25) is 0 Å². The standard InChI is InChI=1S/C4H6N2O.C3H4N2/c7-3-4-5-1-2-6-4;1-2-5-3-4-1/h1-2,7H,3H2,(H,5,6);1-3H,(H,4,5). The molecule has 0 radical (unpaired) electrons. The maximum absolute atomic E-state index is 8.33. The van der Waals surface area contributed by atoms with Crippen molar-refractivity contribution < 1.29 is 5.11 Å². The van der Waals surface area contributed by atoms with Crippen LogP contribution >= 0.6 is 0 Å². The third-order valence-electron chi connectivity index (χ3n) is 1.11. The van der Waals surface area contributed by atoms with Crippen LogP contribution in [0.25, 0.3) is 0 Å². The summed E-state index contributed by atoms with van der Waals surface area (Å²) in [4.78, 5) is 12.9. The zero-order chi connectivity index (χ0) is 8.65. The number of rotatable bonds is 1. The number of aromatic nitrogens is 4. The predicted octanol–water partition coefficient (Wildman–Crippen LogP) is 0.312. The third kappa shape index (κ3) is 2.98. The average Bonchev–Trinajstić information content (AvgIpc) is 2.81. The Morgan fingerprint density at radius 1 is 1.33 bits per heavy atom. The van der Waals surface area contributed by atoms with Crippen LogP contribution in [0.3, 0.4) is 0 Å². The van der Waals surface area contributed by atoms with Crippen molar-refractivity contribution in [3.8, 4) is 0 Å². The Morgan fingerprint density at radius 3 is 2.50 bits per heavy atom. The van der Waals surface area contributed by atoms with E-state index in [4.69, 9.17) is 5.11 Å². The molecule has 2 aromatic rings. The molecule has 0 saturated carbocycles. The molecule has 0 aliphatic carbocycles. The molecule has 2 rings (SSSR count). The highest BCUT2D eigenvalue weighted by Gasteiger charge is 1.84. The normalized spacial score (nSPS) is 8.75. The quantitative estimate of drug-likeness (QED) is 0.570. The van der Waals surface area contributed by atoms with Crippen molar-refractivity contribution in [1.29, 1.82) is 0 Å². The van der Waals surface area contributed by atoms with Gasteiger partial charge in [0.25, 0.3) is 0 Å². The molecular formula is C7H10N4O. The molecule has 5 heteroatoms. The molecule has 3 N–H and O–H groups in total. The van der Waals surface area contributed by atoms with Gasteiger partial charge in [-0.05, 0) is 0 Å². The predicted molar refractivity (Wildman–Crippen MR) is 43.1 cm³/mol. The second-order valence-electron chi connectivity index (χ2n) is 1.95. The number of hydrogen-bond acceptors (Lipinski definition) is 3. The van der Waals surface area contributed by atoms with E-state index in [2.05, 4.69) is 19.9 Å². The minimum Gasteiger partial charge on any atom is -0.388 e. The molecular weight excluding hydrogens is 156 g/mol. The van der Waals surface area contributed by atoms with Crippen molar-refractivity contribution in [2.75, 3.05) is 0 Å². The van der Waals surface area contributed by atoms with E-state index < -0.39 is 0 Å². The van der Waals surface area contributed by atoms with Crippen LogP contribution in [0.1, 0.15) is 5.82 Å². The molecule has 0 fully saturated rings. The Bertz CT molecular complexity index is 246. The number of nitrogens with one attached hydrogen (secondary N) is 2. The number of nitrogens with zero attached hydrogens (tertiary/aromatic N) is 2. The van der Waals surface area contributed by atoms with E-state index >= 15 is 0 Å². The number of aliphatic hydroxyl groups excluding tert-OH is 1. The Hall–Kier alpha value is -1.62. The summed E-state index contributed by atoms with van der Waals surface area (Å²) in [6.07, 6.45) is 8.36. The molecule has 0 spiro atoms. The second-order valence-corrected chi connectivity index (χ2v) is 1.95. The van der Waals surface area contributed by atoms with Crippen molar-refractivity contribution >= 4 is 0 Å². The fourth-order valence-electron chi connectivity index (χ4n) is 0.600. The van der Waals surface area contributed by atoms with Crippen LogP contribution in [0.4, 0.5) is 0 Å². The molecule has 0 unspecified atom stereocenters. The molecule has 0 aliphatic rings. The van der Waals surface area contributed by atoms with Gasteiger partial charge >= 0.3 is 0 Å². The smallest absolute Gasteiger partial charge is 0.131 e. The van der Waals surface area contributed by atoms with Crippen LogP contribution in [0.15, 0.2) is 31.1 Å². The van der Waals surface area contributed by atoms with Crippen molar-refractivity contribution in [2.45, 2.75) is 6.61 Å². The van der Waals surface area contributed by atoms with Crippen LogP contribution in [-0.4, -0.2) is 25.0 Å². The van der Waals surface area contributed by atoms with Gasteiger partial charge in [-0.15, -0.1) is 0 Å². The lowest BCUT2D eigenvalue weighted by molar-refractivity contribution is 0.272. The van der Waals surface area contributed by atoms with Crippen LogP contribution in [0.5, 0.6) is 0 Å². The summed E-state index contributed by atoms with van der Waals surface area (Å²) >= 11 is 0. The molecule has 0 atom stereocenters. The van der Waals surface area contributed by atoms with E-state index in [-0.39, 0.29) is 6.61 Å². The summed E-state index contributed by atoms with van der Waals surface area (Å²) in [7, 11) is 0. The van der Waals surface area contributed by atoms with Gasteiger partial charge in [-0.1, -0.05) is 0 Å². The molecule has 5 nitrogen and oxygen atoms in total. The SMILES string of the molecule is OCc1ncc[nH]1.c1c[nH]cn1. The van der Waals surface area contributed by atoms with Gasteiger partial charge in [0.05, 0.1) is 6.33 Å². The van der Waals surface area contributed by atoms with Gasteiger partial charge in [0.2, 0.25) is 0 Å². The molecule has 12 heavy (non-hydrogen) atoms. The van der Waals surface area contributed by atoms with E-state index in [1.165, 1.54) is 0 Å². The molecule has 0 saturated heterocycles. The lowest BCUT2D eigenvalue weighted by Crippen LogP contribution is -1.82. The fraction of sp³-hybridized carbons (Fsp3) is 0.143. The molecule has 0 aliphatic heterocycles. The van der Waals surface area contributed by atoms with Gasteiger partial charge in [0.1, 0.15) is 12.4 Å². The Morgan fingerprint density at radius 2 is 2.25 bits per heavy atom. The minimum absolute atomic E-state index is 0.00694. The lowest BCUT2D eigenvalue weighted by Gasteiger charge is -1.79. The summed E-state index contributed by atoms with van der Waals surface area (Å²) in [5, 5.41) is 8.33. The number of hydrogen-bond donors (Lipinski definition) is 3. The highest BCUT2D eigenvalue weighted by atomic mass is 16.3. The van der Waals surface area contributed by atoms with Gasteiger partial charge in [-0.2, -0.15) is 0 Å². The number of aromatic amines is 2. The van der Waals surface area contributed by atoms with Crippen LogP contribution < -0.4 is 0 Å². The first-order valence-corrected chi connectivity index (χ1v) is 3.45. The summed E-state index contributed by atoms with van der Waals surface area (Å²) in [5.41, 5.74) is 0. The zero-order valence-electron chi connectivity index (χ0n) is 6.44. The molecule has 64 valence electrons. The molecule has 0 aromatic carbocycles. The highest BCUT2D eigenvalue weighted by molar-refractivity contribution is 4.82. The largest absolute Gasteiger partial charge is 0.388 e. The van der Waals surface area contributed by atoms with Gasteiger partial charge < -0.3 is 15.1 Å². The molecule has 2 heterocycles. The maximum atomic E-state index is 8.33. The maximum Gasteiger partial charge on any atom is 0.131 e. The molecule has 2 aromatic heterocycles. The zero-order valence-corrected chi connectivity index (χ0v) is 6.44. The highest BCUT2D eigenvalue weighted by Crippen LogP contribution is 1.83. The van der Waals surface area contributed by atoms with Crippen LogP contribution in [0, 0.1) is 0 Å². The summed E-state index contributed by atoms with van der Waals surface area (Å²) < 4.78 is 0.